The SMILES string of the molecule is C/C(=C\c1nnc(/C=C(\C)N=Cc2ccc(C(=O)O)c(C)c2)nn1)N=Cc1ccc(C(=O)[O-])c(C)c1.C=C([O-])c1ccc(C=Nc2nnc(N=Cc3ccc(C(=O)O)c(C)c3)nn2)cc1C. The molecule has 0 saturated carbocycles. The lowest BCUT2D eigenvalue weighted by Crippen LogP contribution is -2.23. The average molecular weight is 885 g/mol. The molecule has 0 unspecified atom stereocenters. The van der Waals surface area contributed by atoms with Crippen LogP contribution in [0.15, 0.2) is 111 Å². The molecule has 0 saturated heterocycles. The van der Waals surface area contributed by atoms with E-state index in [0.717, 1.165) is 22.3 Å². The van der Waals surface area contributed by atoms with Gasteiger partial charge >= 0.3 is 11.9 Å². The maximum Gasteiger partial charge on any atom is 0.335 e. The molecular formula is C47H40N12O7-2. The average Bonchev–Trinajstić information content (AvgIpc) is 3.27. The van der Waals surface area contributed by atoms with Gasteiger partial charge in [0, 0.05) is 54.0 Å². The largest absolute Gasteiger partial charge is 0.872 e. The van der Waals surface area contributed by atoms with E-state index in [1.807, 2.05) is 6.92 Å². The van der Waals surface area contributed by atoms with Crippen molar-refractivity contribution in [2.24, 2.45) is 20.0 Å². The van der Waals surface area contributed by atoms with Gasteiger partial charge in [0.05, 0.1) is 17.1 Å². The van der Waals surface area contributed by atoms with Crippen molar-refractivity contribution in [3.05, 3.63) is 169 Å². The van der Waals surface area contributed by atoms with Crippen molar-refractivity contribution in [3.8, 4) is 0 Å². The van der Waals surface area contributed by atoms with E-state index in [4.69, 9.17) is 10.2 Å². The highest BCUT2D eigenvalue weighted by Crippen LogP contribution is 2.16. The lowest BCUT2D eigenvalue weighted by atomic mass is 10.0. The van der Waals surface area contributed by atoms with Gasteiger partial charge in [0.1, 0.15) is 0 Å². The van der Waals surface area contributed by atoms with Crippen LogP contribution in [0.5, 0.6) is 0 Å². The van der Waals surface area contributed by atoms with E-state index in [1.54, 1.807) is 126 Å². The lowest BCUT2D eigenvalue weighted by molar-refractivity contribution is -0.255. The smallest absolute Gasteiger partial charge is 0.335 e. The normalized spacial score (nSPS) is 11.9. The topological polar surface area (TPSA) is 290 Å². The van der Waals surface area contributed by atoms with Gasteiger partial charge in [-0.15, -0.1) is 53.1 Å². The molecular weight excluding hydrogens is 845 g/mol. The molecule has 2 aromatic heterocycles. The number of carboxylic acids is 3. The Balaban J connectivity index is 0.000000251. The molecule has 66 heavy (non-hydrogen) atoms. The van der Waals surface area contributed by atoms with Gasteiger partial charge in [-0.1, -0.05) is 36.4 Å². The van der Waals surface area contributed by atoms with Crippen molar-refractivity contribution < 1.29 is 34.8 Å². The third kappa shape index (κ3) is 13.9. The van der Waals surface area contributed by atoms with E-state index in [2.05, 4.69) is 67.3 Å². The Labute approximate surface area is 377 Å². The molecule has 0 amide bonds. The summed E-state index contributed by atoms with van der Waals surface area (Å²) in [6, 6.07) is 19.9. The summed E-state index contributed by atoms with van der Waals surface area (Å²) in [7, 11) is 0. The first-order valence-corrected chi connectivity index (χ1v) is 19.6. The second-order valence-electron chi connectivity index (χ2n) is 14.3. The first-order valence-electron chi connectivity index (χ1n) is 19.6. The summed E-state index contributed by atoms with van der Waals surface area (Å²) >= 11 is 0. The number of hydrogen-bond donors (Lipinski definition) is 2. The number of aryl methyl sites for hydroxylation is 4. The van der Waals surface area contributed by atoms with Crippen LogP contribution in [0.1, 0.15) is 107 Å². The zero-order valence-corrected chi connectivity index (χ0v) is 36.4. The van der Waals surface area contributed by atoms with Crippen LogP contribution < -0.4 is 10.2 Å². The van der Waals surface area contributed by atoms with E-state index < -0.39 is 17.9 Å². The maximum atomic E-state index is 11.4. The van der Waals surface area contributed by atoms with Crippen LogP contribution in [0.2, 0.25) is 0 Å². The highest BCUT2D eigenvalue weighted by Gasteiger charge is 2.08. The Hall–Kier alpha value is -9.13. The summed E-state index contributed by atoms with van der Waals surface area (Å²) in [5.41, 5.74) is 8.04. The molecule has 0 aliphatic rings. The molecule has 0 spiro atoms. The summed E-state index contributed by atoms with van der Waals surface area (Å²) in [4.78, 5) is 50.0. The molecule has 2 heterocycles. The Morgan fingerprint density at radius 1 is 0.500 bits per heavy atom. The molecule has 6 rings (SSSR count). The number of hydrogen-bond acceptors (Lipinski definition) is 17. The van der Waals surface area contributed by atoms with Gasteiger partial charge in [-0.2, -0.15) is 0 Å². The van der Waals surface area contributed by atoms with Crippen molar-refractivity contribution >= 4 is 72.6 Å². The molecule has 4 aromatic carbocycles. The fraction of sp³-hybridized carbons (Fsp3) is 0.128. The van der Waals surface area contributed by atoms with Crippen LogP contribution in [0.4, 0.5) is 11.9 Å². The van der Waals surface area contributed by atoms with Gasteiger partial charge in [-0.25, -0.2) is 19.6 Å². The number of carboxylic acid groups (broad SMARTS) is 3. The number of benzene rings is 4. The maximum absolute atomic E-state index is 11.4. The van der Waals surface area contributed by atoms with Gasteiger partial charge in [-0.3, -0.25) is 9.98 Å². The van der Waals surface area contributed by atoms with Crippen molar-refractivity contribution in [1.29, 1.82) is 0 Å². The number of allylic oxidation sites excluding steroid dienone is 2. The number of nitrogens with zero attached hydrogens (tertiary/aromatic N) is 12. The fourth-order valence-corrected chi connectivity index (χ4v) is 5.84. The molecule has 0 radical (unpaired) electrons. The van der Waals surface area contributed by atoms with Gasteiger partial charge in [0.25, 0.3) is 11.9 Å². The Morgan fingerprint density at radius 3 is 1.12 bits per heavy atom. The molecule has 19 nitrogen and oxygen atoms in total. The first kappa shape index (κ1) is 47.9. The van der Waals surface area contributed by atoms with Gasteiger partial charge in [-0.05, 0) is 128 Å². The monoisotopic (exact) mass is 884 g/mol. The second kappa shape index (κ2) is 22.3. The lowest BCUT2D eigenvalue weighted by Gasteiger charge is -2.12. The minimum absolute atomic E-state index is 0.0445. The zero-order chi connectivity index (χ0) is 47.9. The summed E-state index contributed by atoms with van der Waals surface area (Å²) < 4.78 is 0. The van der Waals surface area contributed by atoms with Crippen molar-refractivity contribution in [2.45, 2.75) is 41.5 Å². The van der Waals surface area contributed by atoms with Crippen LogP contribution in [0.25, 0.3) is 17.9 Å². The molecule has 2 N–H and O–H groups in total. The molecule has 0 atom stereocenters. The Kier molecular flexibility index (Phi) is 16.2. The highest BCUT2D eigenvalue weighted by atomic mass is 16.4. The van der Waals surface area contributed by atoms with Crippen molar-refractivity contribution in [1.82, 2.24) is 40.8 Å². The van der Waals surface area contributed by atoms with E-state index >= 15 is 0 Å². The van der Waals surface area contributed by atoms with Gasteiger partial charge in [0.15, 0.2) is 11.6 Å². The molecule has 0 fully saturated rings. The summed E-state index contributed by atoms with van der Waals surface area (Å²) in [5.74, 6) is -2.74. The molecule has 0 aliphatic heterocycles. The standard InChI is InChI=1S/C26H24N6O4.C21H18N6O3/c1-15-9-19(5-7-21(15)25(33)34)13-27-17(3)11-23-29-31-24(32-30-23)12-18(4)28-14-20-6-8-22(26(35)36)16(2)10-20;1-12-8-15(4-6-17(12)14(3)28)10-22-20-24-26-21(27-25-20)23-11-16-5-7-18(19(29)30)13(2)9-16/h5-14H,1-4H3,(H,33,34)(H,35,36);4-11,28H,3H2,1-2H3,(H,29,30)/p-2/b17-11+,18-12+,27-13?,28-14?;. The van der Waals surface area contributed by atoms with E-state index in [1.165, 1.54) is 18.3 Å². The quantitative estimate of drug-likeness (QED) is 0.103. The summed E-state index contributed by atoms with van der Waals surface area (Å²) in [5, 5.41) is 72.1. The summed E-state index contributed by atoms with van der Waals surface area (Å²) in [6.45, 7) is 13.9. The van der Waals surface area contributed by atoms with Crippen molar-refractivity contribution in [3.63, 3.8) is 0 Å². The van der Waals surface area contributed by atoms with Crippen LogP contribution in [-0.4, -0.2) is 93.8 Å². The molecule has 6 aromatic rings. The number of aromatic nitrogens is 8. The van der Waals surface area contributed by atoms with Gasteiger partial charge < -0.3 is 25.2 Å². The number of rotatable bonds is 14. The van der Waals surface area contributed by atoms with Crippen molar-refractivity contribution in [2.75, 3.05) is 0 Å². The van der Waals surface area contributed by atoms with Crippen LogP contribution >= 0.6 is 0 Å². The number of aliphatic imine (C=N–C) groups is 4. The summed E-state index contributed by atoms with van der Waals surface area (Å²) in [6.07, 6.45) is 9.49. The predicted octanol–water partition coefficient (Wildman–Crippen LogP) is 5.32. The highest BCUT2D eigenvalue weighted by molar-refractivity contribution is 5.92. The van der Waals surface area contributed by atoms with Crippen LogP contribution in [0, 0.1) is 27.7 Å². The van der Waals surface area contributed by atoms with Crippen LogP contribution in [0.3, 0.4) is 0 Å². The molecule has 332 valence electrons. The van der Waals surface area contributed by atoms with E-state index in [0.29, 0.717) is 39.2 Å². The number of aromatic carboxylic acids is 3. The fourth-order valence-electron chi connectivity index (χ4n) is 5.84. The first-order chi connectivity index (χ1) is 31.4. The number of carbonyl (C=O) groups is 3. The van der Waals surface area contributed by atoms with Crippen LogP contribution in [-0.2, 0) is 0 Å². The third-order valence-electron chi connectivity index (χ3n) is 9.12. The molecule has 19 heteroatoms. The minimum Gasteiger partial charge on any atom is -0.872 e. The van der Waals surface area contributed by atoms with E-state index in [9.17, 15) is 24.6 Å². The molecule has 0 bridgehead atoms. The zero-order valence-electron chi connectivity index (χ0n) is 36.4. The van der Waals surface area contributed by atoms with E-state index in [-0.39, 0.29) is 46.0 Å². The molecule has 0 aliphatic carbocycles. The Bertz CT molecular complexity index is 2790. The number of carbonyl (C=O) groups excluding carboxylic acids is 1. The third-order valence-corrected chi connectivity index (χ3v) is 9.12. The van der Waals surface area contributed by atoms with Gasteiger partial charge in [0.2, 0.25) is 0 Å². The second-order valence-corrected chi connectivity index (χ2v) is 14.3. The Morgan fingerprint density at radius 2 is 0.818 bits per heavy atom. The predicted molar refractivity (Wildman–Crippen MR) is 244 cm³/mol. The minimum atomic E-state index is -1.22.